The number of halogens is 2. The summed E-state index contributed by atoms with van der Waals surface area (Å²) in [6.45, 7) is 3.07. The summed E-state index contributed by atoms with van der Waals surface area (Å²) in [5.74, 6) is -1.68. The largest absolute Gasteiger partial charge is 0.493 e. The van der Waals surface area contributed by atoms with Crippen molar-refractivity contribution in [3.05, 3.63) is 23.3 Å². The third kappa shape index (κ3) is 2.54. The number of ketones is 1. The highest BCUT2D eigenvalue weighted by Gasteiger charge is 2.60. The van der Waals surface area contributed by atoms with Gasteiger partial charge in [-0.25, -0.2) is 8.78 Å². The van der Waals surface area contributed by atoms with Gasteiger partial charge in [0.2, 0.25) is 0 Å². The molecule has 5 nitrogen and oxygen atoms in total. The molecule has 1 aromatic rings. The summed E-state index contributed by atoms with van der Waals surface area (Å²) in [7, 11) is 2.74. The normalized spacial score (nSPS) is 19.9. The summed E-state index contributed by atoms with van der Waals surface area (Å²) in [5.41, 5.74) is -2.27. The van der Waals surface area contributed by atoms with Gasteiger partial charge >= 0.3 is 5.97 Å². The number of hydrogen-bond donors (Lipinski definition) is 0. The maximum Gasteiger partial charge on any atom is 0.326 e. The van der Waals surface area contributed by atoms with Crippen molar-refractivity contribution in [2.45, 2.75) is 32.8 Å². The average molecular weight is 328 g/mol. The molecule has 1 aromatic carbocycles. The van der Waals surface area contributed by atoms with Crippen LogP contribution in [0.25, 0.3) is 0 Å². The number of Topliss-reactive ketones (excluding diaryl/α,β-unsaturated/α-hetero) is 1. The Balaban J connectivity index is 2.58. The Labute approximate surface area is 132 Å². The summed E-state index contributed by atoms with van der Waals surface area (Å²) in [6.07, 6.45) is -4.28. The summed E-state index contributed by atoms with van der Waals surface area (Å²) in [5, 5.41) is 0. The molecular formula is C16H18F2O5. The van der Waals surface area contributed by atoms with E-state index in [1.807, 2.05) is 0 Å². The summed E-state index contributed by atoms with van der Waals surface area (Å²) < 4.78 is 42.7. The van der Waals surface area contributed by atoms with E-state index in [0.717, 1.165) is 0 Å². The maximum atomic E-state index is 13.7. The molecule has 1 aliphatic rings. The number of methoxy groups -OCH3 is 2. The second-order valence-corrected chi connectivity index (χ2v) is 5.56. The highest BCUT2D eigenvalue weighted by Crippen LogP contribution is 2.48. The summed E-state index contributed by atoms with van der Waals surface area (Å²) in [4.78, 5) is 24.8. The fourth-order valence-electron chi connectivity index (χ4n) is 2.73. The van der Waals surface area contributed by atoms with Crippen LogP contribution in [0.4, 0.5) is 8.78 Å². The van der Waals surface area contributed by atoms with Crippen LogP contribution in [0.5, 0.6) is 11.5 Å². The lowest BCUT2D eigenvalue weighted by molar-refractivity contribution is -0.164. The number of benzene rings is 1. The van der Waals surface area contributed by atoms with Gasteiger partial charge in [-0.1, -0.05) is 0 Å². The molecule has 0 spiro atoms. The quantitative estimate of drug-likeness (QED) is 0.614. The molecule has 0 saturated carbocycles. The zero-order chi connectivity index (χ0) is 17.4. The van der Waals surface area contributed by atoms with E-state index in [-0.39, 0.29) is 16.9 Å². The zero-order valence-corrected chi connectivity index (χ0v) is 13.3. The van der Waals surface area contributed by atoms with E-state index in [0.29, 0.717) is 5.75 Å². The molecule has 0 bridgehead atoms. The molecule has 0 aromatic heterocycles. The van der Waals surface area contributed by atoms with Crippen molar-refractivity contribution in [2.75, 3.05) is 14.2 Å². The van der Waals surface area contributed by atoms with Crippen molar-refractivity contribution in [2.24, 2.45) is 5.41 Å². The SMILES string of the molecule is COc1ccc2c(c1OC)CC(C(=O)OC(C)C)(C(F)F)C2=O. The monoisotopic (exact) mass is 328 g/mol. The van der Waals surface area contributed by atoms with E-state index in [4.69, 9.17) is 14.2 Å². The van der Waals surface area contributed by atoms with E-state index < -0.39 is 36.1 Å². The average Bonchev–Trinajstić information content (AvgIpc) is 2.79. The summed E-state index contributed by atoms with van der Waals surface area (Å²) >= 11 is 0. The number of alkyl halides is 2. The number of fused-ring (bicyclic) bond motifs is 1. The maximum absolute atomic E-state index is 13.7. The zero-order valence-electron chi connectivity index (χ0n) is 13.3. The minimum Gasteiger partial charge on any atom is -0.493 e. The van der Waals surface area contributed by atoms with Gasteiger partial charge in [-0.05, 0) is 26.0 Å². The molecule has 23 heavy (non-hydrogen) atoms. The Morgan fingerprint density at radius 3 is 2.35 bits per heavy atom. The predicted octanol–water partition coefficient (Wildman–Crippen LogP) is 2.65. The molecule has 1 atom stereocenters. The molecular weight excluding hydrogens is 310 g/mol. The number of hydrogen-bond acceptors (Lipinski definition) is 5. The Hall–Kier alpha value is -2.18. The third-order valence-electron chi connectivity index (χ3n) is 3.83. The number of carbonyl (C=O) groups is 2. The van der Waals surface area contributed by atoms with E-state index in [1.54, 1.807) is 0 Å². The smallest absolute Gasteiger partial charge is 0.326 e. The van der Waals surface area contributed by atoms with Gasteiger partial charge < -0.3 is 14.2 Å². The van der Waals surface area contributed by atoms with Gasteiger partial charge in [0.05, 0.1) is 20.3 Å². The van der Waals surface area contributed by atoms with Gasteiger partial charge in [-0.2, -0.15) is 0 Å². The third-order valence-corrected chi connectivity index (χ3v) is 3.83. The number of esters is 1. The van der Waals surface area contributed by atoms with Gasteiger partial charge in [0.15, 0.2) is 22.7 Å². The van der Waals surface area contributed by atoms with Crippen molar-refractivity contribution in [1.29, 1.82) is 0 Å². The minimum atomic E-state index is -3.19. The fourth-order valence-corrected chi connectivity index (χ4v) is 2.73. The molecule has 0 fully saturated rings. The first-order valence-corrected chi connectivity index (χ1v) is 7.07. The Morgan fingerprint density at radius 2 is 1.87 bits per heavy atom. The van der Waals surface area contributed by atoms with Crippen molar-refractivity contribution in [3.8, 4) is 11.5 Å². The van der Waals surface area contributed by atoms with Crippen LogP contribution < -0.4 is 9.47 Å². The van der Waals surface area contributed by atoms with Crippen molar-refractivity contribution in [3.63, 3.8) is 0 Å². The molecule has 2 rings (SSSR count). The fraction of sp³-hybridized carbons (Fsp3) is 0.500. The van der Waals surface area contributed by atoms with Crippen molar-refractivity contribution in [1.82, 2.24) is 0 Å². The number of ether oxygens (including phenoxy) is 3. The van der Waals surface area contributed by atoms with E-state index in [2.05, 4.69) is 0 Å². The minimum absolute atomic E-state index is 0.0312. The van der Waals surface area contributed by atoms with Crippen molar-refractivity contribution >= 4 is 11.8 Å². The lowest BCUT2D eigenvalue weighted by Gasteiger charge is -2.25. The second-order valence-electron chi connectivity index (χ2n) is 5.56. The molecule has 0 heterocycles. The van der Waals surface area contributed by atoms with Crippen LogP contribution in [0.1, 0.15) is 29.8 Å². The van der Waals surface area contributed by atoms with E-state index >= 15 is 0 Å². The van der Waals surface area contributed by atoms with Gasteiger partial charge in [0, 0.05) is 17.5 Å². The van der Waals surface area contributed by atoms with Gasteiger partial charge in [-0.3, -0.25) is 9.59 Å². The van der Waals surface area contributed by atoms with Crippen LogP contribution in [0.2, 0.25) is 0 Å². The first-order valence-electron chi connectivity index (χ1n) is 7.07. The second kappa shape index (κ2) is 6.14. The number of carbonyl (C=O) groups excluding carboxylic acids is 2. The molecule has 0 N–H and O–H groups in total. The van der Waals surface area contributed by atoms with Crippen LogP contribution in [0.15, 0.2) is 12.1 Å². The first-order chi connectivity index (χ1) is 10.8. The molecule has 0 amide bonds. The summed E-state index contributed by atoms with van der Waals surface area (Å²) in [6, 6.07) is 2.82. The Bertz CT molecular complexity index is 642. The van der Waals surface area contributed by atoms with Crippen LogP contribution in [-0.2, 0) is 16.0 Å². The van der Waals surface area contributed by atoms with Crippen LogP contribution in [0.3, 0.4) is 0 Å². The predicted molar refractivity (Wildman–Crippen MR) is 77.2 cm³/mol. The topological polar surface area (TPSA) is 61.8 Å². The molecule has 0 aliphatic heterocycles. The van der Waals surface area contributed by atoms with Gasteiger partial charge in [-0.15, -0.1) is 0 Å². The Kier molecular flexibility index (Phi) is 4.58. The lowest BCUT2D eigenvalue weighted by atomic mass is 9.84. The molecule has 7 heteroatoms. The van der Waals surface area contributed by atoms with E-state index in [1.165, 1.54) is 40.2 Å². The van der Waals surface area contributed by atoms with E-state index in [9.17, 15) is 18.4 Å². The molecule has 0 saturated heterocycles. The van der Waals surface area contributed by atoms with Crippen molar-refractivity contribution < 1.29 is 32.6 Å². The number of rotatable bonds is 5. The Morgan fingerprint density at radius 1 is 1.22 bits per heavy atom. The molecule has 1 aliphatic carbocycles. The molecule has 126 valence electrons. The molecule has 0 radical (unpaired) electrons. The lowest BCUT2D eigenvalue weighted by Crippen LogP contribution is -2.45. The van der Waals surface area contributed by atoms with Gasteiger partial charge in [0.25, 0.3) is 6.43 Å². The van der Waals surface area contributed by atoms with Crippen LogP contribution in [0, 0.1) is 5.41 Å². The highest BCUT2D eigenvalue weighted by atomic mass is 19.3. The molecule has 1 unspecified atom stereocenters. The van der Waals surface area contributed by atoms with Crippen LogP contribution in [-0.4, -0.2) is 38.5 Å². The first kappa shape index (κ1) is 17.2. The van der Waals surface area contributed by atoms with Crippen LogP contribution >= 0.6 is 0 Å². The standard InChI is InChI=1S/C16H18F2O5/c1-8(2)23-15(20)16(14(17)18)7-10-9(13(16)19)5-6-11(21-3)12(10)22-4/h5-6,8,14H,7H2,1-4H3. The van der Waals surface area contributed by atoms with Gasteiger partial charge in [0.1, 0.15) is 0 Å². The highest BCUT2D eigenvalue weighted by molar-refractivity contribution is 6.17.